The van der Waals surface area contributed by atoms with E-state index in [2.05, 4.69) is 0 Å². The summed E-state index contributed by atoms with van der Waals surface area (Å²) in [6, 6.07) is 10.2. The first-order chi connectivity index (χ1) is 11.3. The molecule has 0 saturated heterocycles. The van der Waals surface area contributed by atoms with E-state index in [1.807, 2.05) is 6.07 Å². The zero-order chi connectivity index (χ0) is 17.3. The van der Waals surface area contributed by atoms with Crippen LogP contribution in [0, 0.1) is 0 Å². The van der Waals surface area contributed by atoms with Gasteiger partial charge in [0, 0.05) is 13.6 Å². The molecular weight excluding hydrogens is 373 g/mol. The minimum Gasteiger partial charge on any atom is -0.454 e. The van der Waals surface area contributed by atoms with Crippen molar-refractivity contribution in [2.45, 2.75) is 12.3 Å². The molecule has 0 unspecified atom stereocenters. The molecule has 2 aromatic carbocycles. The number of benzene rings is 2. The molecule has 1 aliphatic rings. The van der Waals surface area contributed by atoms with Crippen molar-refractivity contribution in [3.05, 3.63) is 57.6 Å². The van der Waals surface area contributed by atoms with E-state index in [4.69, 9.17) is 32.7 Å². The van der Waals surface area contributed by atoms with Gasteiger partial charge >= 0.3 is 0 Å². The third-order valence-electron chi connectivity index (χ3n) is 3.65. The average molecular weight is 388 g/mol. The Morgan fingerprint density at radius 1 is 1.00 bits per heavy atom. The first kappa shape index (κ1) is 17.4. The molecule has 8 heteroatoms. The highest BCUT2D eigenvalue weighted by molar-refractivity contribution is 7.88. The standard InChI is InChI=1S/C16H15Cl2NO4S/c1-19(8-11-3-5-15-16(7-11)23-10-22-15)24(20,21)9-12-2-4-13(17)14(18)6-12/h2-7H,8-10H2,1H3. The minimum atomic E-state index is -3.50. The molecule has 1 aliphatic heterocycles. The monoisotopic (exact) mass is 387 g/mol. The van der Waals surface area contributed by atoms with Gasteiger partial charge in [0.2, 0.25) is 16.8 Å². The molecular formula is C16H15Cl2NO4S. The van der Waals surface area contributed by atoms with E-state index in [1.54, 1.807) is 30.3 Å². The Hall–Kier alpha value is -1.47. The molecule has 0 radical (unpaired) electrons. The first-order valence-electron chi connectivity index (χ1n) is 7.11. The van der Waals surface area contributed by atoms with Crippen LogP contribution in [0.5, 0.6) is 11.5 Å². The van der Waals surface area contributed by atoms with Crippen molar-refractivity contribution in [2.75, 3.05) is 13.8 Å². The number of halogens is 2. The lowest BCUT2D eigenvalue weighted by Crippen LogP contribution is -2.27. The van der Waals surface area contributed by atoms with Crippen molar-refractivity contribution in [2.24, 2.45) is 0 Å². The Morgan fingerprint density at radius 3 is 2.46 bits per heavy atom. The van der Waals surface area contributed by atoms with E-state index in [-0.39, 0.29) is 19.1 Å². The Labute approximate surface area is 150 Å². The second-order valence-electron chi connectivity index (χ2n) is 5.45. The van der Waals surface area contributed by atoms with Gasteiger partial charge in [-0.25, -0.2) is 12.7 Å². The van der Waals surface area contributed by atoms with Gasteiger partial charge in [-0.05, 0) is 35.4 Å². The van der Waals surface area contributed by atoms with Crippen LogP contribution < -0.4 is 9.47 Å². The fourth-order valence-electron chi connectivity index (χ4n) is 2.34. The summed E-state index contributed by atoms with van der Waals surface area (Å²) >= 11 is 11.8. The lowest BCUT2D eigenvalue weighted by atomic mass is 10.2. The molecule has 0 bridgehead atoms. The number of ether oxygens (including phenoxy) is 2. The highest BCUT2D eigenvalue weighted by Crippen LogP contribution is 2.33. The zero-order valence-electron chi connectivity index (χ0n) is 12.8. The number of sulfonamides is 1. The van der Waals surface area contributed by atoms with E-state index < -0.39 is 10.0 Å². The maximum atomic E-state index is 12.5. The van der Waals surface area contributed by atoms with E-state index >= 15 is 0 Å². The van der Waals surface area contributed by atoms with Crippen LogP contribution in [0.4, 0.5) is 0 Å². The fraction of sp³-hybridized carbons (Fsp3) is 0.250. The summed E-state index contributed by atoms with van der Waals surface area (Å²) in [5, 5.41) is 0.731. The van der Waals surface area contributed by atoms with Gasteiger partial charge in [0.15, 0.2) is 11.5 Å². The predicted molar refractivity (Wildman–Crippen MR) is 93.1 cm³/mol. The van der Waals surface area contributed by atoms with Crippen molar-refractivity contribution in [1.82, 2.24) is 4.31 Å². The van der Waals surface area contributed by atoms with Gasteiger partial charge < -0.3 is 9.47 Å². The van der Waals surface area contributed by atoms with Gasteiger partial charge in [-0.15, -0.1) is 0 Å². The van der Waals surface area contributed by atoms with Crippen LogP contribution in [-0.4, -0.2) is 26.6 Å². The smallest absolute Gasteiger partial charge is 0.231 e. The maximum Gasteiger partial charge on any atom is 0.231 e. The van der Waals surface area contributed by atoms with Crippen LogP contribution in [0.15, 0.2) is 36.4 Å². The van der Waals surface area contributed by atoms with Crippen LogP contribution in [0.2, 0.25) is 10.0 Å². The molecule has 3 rings (SSSR count). The molecule has 0 atom stereocenters. The highest BCUT2D eigenvalue weighted by Gasteiger charge is 2.21. The Bertz CT molecular complexity index is 870. The molecule has 5 nitrogen and oxygen atoms in total. The summed E-state index contributed by atoms with van der Waals surface area (Å²) in [5.74, 6) is 1.15. The van der Waals surface area contributed by atoms with E-state index in [9.17, 15) is 8.42 Å². The summed E-state index contributed by atoms with van der Waals surface area (Å²) in [6.07, 6.45) is 0. The SMILES string of the molecule is CN(Cc1ccc2c(c1)OCO2)S(=O)(=O)Cc1ccc(Cl)c(Cl)c1. The molecule has 1 heterocycles. The van der Waals surface area contributed by atoms with Gasteiger partial charge in [-0.1, -0.05) is 35.3 Å². The lowest BCUT2D eigenvalue weighted by molar-refractivity contribution is 0.174. The van der Waals surface area contributed by atoms with Crippen molar-refractivity contribution in [3.8, 4) is 11.5 Å². The van der Waals surface area contributed by atoms with E-state index in [0.717, 1.165) is 5.56 Å². The number of hydrogen-bond donors (Lipinski definition) is 0. The van der Waals surface area contributed by atoms with Crippen LogP contribution in [-0.2, 0) is 22.3 Å². The van der Waals surface area contributed by atoms with E-state index in [1.165, 1.54) is 11.4 Å². The van der Waals surface area contributed by atoms with Gasteiger partial charge in [-0.3, -0.25) is 0 Å². The zero-order valence-corrected chi connectivity index (χ0v) is 15.2. The van der Waals surface area contributed by atoms with Gasteiger partial charge in [0.1, 0.15) is 0 Å². The van der Waals surface area contributed by atoms with Crippen molar-refractivity contribution < 1.29 is 17.9 Å². The van der Waals surface area contributed by atoms with Crippen LogP contribution in [0.25, 0.3) is 0 Å². The number of rotatable bonds is 5. The number of hydrogen-bond acceptors (Lipinski definition) is 4. The predicted octanol–water partition coefficient (Wildman–Crippen LogP) is 3.68. The molecule has 24 heavy (non-hydrogen) atoms. The molecule has 0 aliphatic carbocycles. The summed E-state index contributed by atoms with van der Waals surface area (Å²) in [5.41, 5.74) is 1.40. The fourth-order valence-corrected chi connectivity index (χ4v) is 3.83. The molecule has 0 aromatic heterocycles. The Kier molecular flexibility index (Phi) is 4.92. The second kappa shape index (κ2) is 6.80. The quantitative estimate of drug-likeness (QED) is 0.784. The summed E-state index contributed by atoms with van der Waals surface area (Å²) < 4.78 is 36.9. The third-order valence-corrected chi connectivity index (χ3v) is 6.17. The van der Waals surface area contributed by atoms with Crippen LogP contribution >= 0.6 is 23.2 Å². The minimum absolute atomic E-state index is 0.148. The molecule has 0 amide bonds. The lowest BCUT2D eigenvalue weighted by Gasteiger charge is -2.17. The average Bonchev–Trinajstić information content (AvgIpc) is 2.98. The number of nitrogens with zero attached hydrogens (tertiary/aromatic N) is 1. The number of fused-ring (bicyclic) bond motifs is 1. The highest BCUT2D eigenvalue weighted by atomic mass is 35.5. The molecule has 128 valence electrons. The van der Waals surface area contributed by atoms with Gasteiger partial charge in [-0.2, -0.15) is 0 Å². The molecule has 0 spiro atoms. The van der Waals surface area contributed by atoms with Crippen LogP contribution in [0.3, 0.4) is 0 Å². The molecule has 0 N–H and O–H groups in total. The molecule has 2 aromatic rings. The van der Waals surface area contributed by atoms with Crippen molar-refractivity contribution >= 4 is 33.2 Å². The first-order valence-corrected chi connectivity index (χ1v) is 9.48. The van der Waals surface area contributed by atoms with Crippen LogP contribution in [0.1, 0.15) is 11.1 Å². The van der Waals surface area contributed by atoms with E-state index in [0.29, 0.717) is 27.1 Å². The van der Waals surface area contributed by atoms with Gasteiger partial charge in [0.25, 0.3) is 0 Å². The van der Waals surface area contributed by atoms with Gasteiger partial charge in [0.05, 0.1) is 15.8 Å². The maximum absolute atomic E-state index is 12.5. The Balaban J connectivity index is 1.73. The molecule has 0 fully saturated rings. The third kappa shape index (κ3) is 3.78. The topological polar surface area (TPSA) is 55.8 Å². The summed E-state index contributed by atoms with van der Waals surface area (Å²) in [7, 11) is -1.96. The largest absolute Gasteiger partial charge is 0.454 e. The Morgan fingerprint density at radius 2 is 1.71 bits per heavy atom. The van der Waals surface area contributed by atoms with Crippen molar-refractivity contribution in [1.29, 1.82) is 0 Å². The normalized spacial score (nSPS) is 13.5. The summed E-state index contributed by atoms with van der Waals surface area (Å²) in [6.45, 7) is 0.421. The van der Waals surface area contributed by atoms with Crippen molar-refractivity contribution in [3.63, 3.8) is 0 Å². The summed E-state index contributed by atoms with van der Waals surface area (Å²) in [4.78, 5) is 0. The second-order valence-corrected chi connectivity index (χ2v) is 8.34. The molecule has 0 saturated carbocycles.